The fourth-order valence-corrected chi connectivity index (χ4v) is 3.00. The molecule has 25 heavy (non-hydrogen) atoms. The van der Waals surface area contributed by atoms with Crippen molar-refractivity contribution in [2.45, 2.75) is 25.8 Å². The molecule has 4 rings (SSSR count). The normalized spacial score (nSPS) is 17.2. The Hall–Kier alpha value is -3.10. The van der Waals surface area contributed by atoms with Gasteiger partial charge in [-0.05, 0) is 41.5 Å². The van der Waals surface area contributed by atoms with Gasteiger partial charge in [0.1, 0.15) is 6.33 Å². The molecule has 0 saturated carbocycles. The molecule has 0 radical (unpaired) electrons. The Kier molecular flexibility index (Phi) is 3.96. The molecule has 1 amide bonds. The molecule has 1 fully saturated rings. The van der Waals surface area contributed by atoms with E-state index in [1.54, 1.807) is 17.9 Å². The molecule has 9 nitrogen and oxygen atoms in total. The van der Waals surface area contributed by atoms with Crippen molar-refractivity contribution in [3.8, 4) is 0 Å². The number of rotatable bonds is 4. The van der Waals surface area contributed by atoms with E-state index in [0.717, 1.165) is 12.0 Å². The van der Waals surface area contributed by atoms with Gasteiger partial charge in [0.2, 0.25) is 5.89 Å². The molecular formula is C16H17N7O2. The maximum Gasteiger partial charge on any atom is 0.253 e. The molecule has 0 spiro atoms. The second-order valence-corrected chi connectivity index (χ2v) is 6.12. The average molecular weight is 339 g/mol. The summed E-state index contributed by atoms with van der Waals surface area (Å²) in [6.45, 7) is 3.66. The lowest BCUT2D eigenvalue weighted by Gasteiger charge is -2.16. The third kappa shape index (κ3) is 3.25. The number of amides is 1. The minimum atomic E-state index is 0.0210. The molecule has 0 unspecified atom stereocenters. The van der Waals surface area contributed by atoms with Crippen molar-refractivity contribution in [2.24, 2.45) is 0 Å². The van der Waals surface area contributed by atoms with Crippen LogP contribution in [0.2, 0.25) is 0 Å². The predicted molar refractivity (Wildman–Crippen MR) is 85.7 cm³/mol. The van der Waals surface area contributed by atoms with Crippen LogP contribution in [-0.2, 0) is 6.54 Å². The molecule has 1 aliphatic heterocycles. The van der Waals surface area contributed by atoms with Crippen LogP contribution in [0.1, 0.15) is 40.0 Å². The van der Waals surface area contributed by atoms with Crippen LogP contribution < -0.4 is 0 Å². The van der Waals surface area contributed by atoms with Crippen molar-refractivity contribution in [1.29, 1.82) is 0 Å². The number of carbonyl (C=O) groups is 1. The van der Waals surface area contributed by atoms with Crippen molar-refractivity contribution in [3.05, 3.63) is 53.4 Å². The van der Waals surface area contributed by atoms with E-state index >= 15 is 0 Å². The summed E-state index contributed by atoms with van der Waals surface area (Å²) < 4.78 is 6.86. The van der Waals surface area contributed by atoms with Crippen molar-refractivity contribution < 1.29 is 9.32 Å². The zero-order chi connectivity index (χ0) is 17.2. The highest BCUT2D eigenvalue weighted by molar-refractivity contribution is 5.94. The van der Waals surface area contributed by atoms with Crippen LogP contribution >= 0.6 is 0 Å². The SMILES string of the molecule is Cc1noc([C@H]2CCN(C(=O)c3ccc(Cn4cnnn4)cc3)C2)n1. The molecule has 3 aromatic rings. The van der Waals surface area contributed by atoms with Crippen molar-refractivity contribution in [2.75, 3.05) is 13.1 Å². The highest BCUT2D eigenvalue weighted by Crippen LogP contribution is 2.27. The molecule has 0 N–H and O–H groups in total. The highest BCUT2D eigenvalue weighted by Gasteiger charge is 2.31. The number of carbonyl (C=O) groups excluding carboxylic acids is 1. The van der Waals surface area contributed by atoms with E-state index in [1.165, 1.54) is 0 Å². The summed E-state index contributed by atoms with van der Waals surface area (Å²) in [5, 5.41) is 14.9. The van der Waals surface area contributed by atoms with Gasteiger partial charge in [0.05, 0.1) is 12.5 Å². The standard InChI is InChI=1S/C16H17N7O2/c1-11-18-15(25-19-11)14-6-7-22(9-14)16(24)13-4-2-12(3-5-13)8-23-10-17-20-21-23/h2-5,10,14H,6-9H2,1H3/t14-/m0/s1. The quantitative estimate of drug-likeness (QED) is 0.699. The Balaban J connectivity index is 1.41. The summed E-state index contributed by atoms with van der Waals surface area (Å²) >= 11 is 0. The molecular weight excluding hydrogens is 322 g/mol. The number of hydrogen-bond donors (Lipinski definition) is 0. The third-order valence-corrected chi connectivity index (χ3v) is 4.30. The van der Waals surface area contributed by atoms with Crippen LogP contribution in [0.5, 0.6) is 0 Å². The van der Waals surface area contributed by atoms with Crippen molar-refractivity contribution >= 4 is 5.91 Å². The summed E-state index contributed by atoms with van der Waals surface area (Å²) in [6, 6.07) is 7.52. The lowest BCUT2D eigenvalue weighted by molar-refractivity contribution is 0.0789. The first kappa shape index (κ1) is 15.4. The smallest absolute Gasteiger partial charge is 0.253 e. The monoisotopic (exact) mass is 339 g/mol. The number of likely N-dealkylation sites (tertiary alicyclic amines) is 1. The molecule has 1 atom stereocenters. The predicted octanol–water partition coefficient (Wildman–Crippen LogP) is 1.04. The average Bonchev–Trinajstić information content (AvgIpc) is 3.36. The zero-order valence-corrected chi connectivity index (χ0v) is 13.7. The van der Waals surface area contributed by atoms with Gasteiger partial charge in [-0.2, -0.15) is 4.98 Å². The summed E-state index contributed by atoms with van der Waals surface area (Å²) in [4.78, 5) is 18.8. The topological polar surface area (TPSA) is 103 Å². The highest BCUT2D eigenvalue weighted by atomic mass is 16.5. The number of hydrogen-bond acceptors (Lipinski definition) is 7. The largest absolute Gasteiger partial charge is 0.339 e. The van der Waals surface area contributed by atoms with Gasteiger partial charge >= 0.3 is 0 Å². The van der Waals surface area contributed by atoms with Gasteiger partial charge in [-0.3, -0.25) is 4.79 Å². The lowest BCUT2D eigenvalue weighted by atomic mass is 10.1. The first-order valence-corrected chi connectivity index (χ1v) is 8.08. The van der Waals surface area contributed by atoms with Crippen LogP contribution in [0.25, 0.3) is 0 Å². The number of aryl methyl sites for hydroxylation is 1. The molecule has 1 aromatic carbocycles. The Bertz CT molecular complexity index is 857. The summed E-state index contributed by atoms with van der Waals surface area (Å²) in [7, 11) is 0. The molecule has 3 heterocycles. The third-order valence-electron chi connectivity index (χ3n) is 4.30. The maximum atomic E-state index is 12.7. The molecule has 1 saturated heterocycles. The number of aromatic nitrogens is 6. The Morgan fingerprint density at radius 1 is 1.32 bits per heavy atom. The van der Waals surface area contributed by atoms with Crippen molar-refractivity contribution in [3.63, 3.8) is 0 Å². The Labute approximate surface area is 143 Å². The molecule has 0 bridgehead atoms. The Morgan fingerprint density at radius 2 is 2.16 bits per heavy atom. The van der Waals surface area contributed by atoms with E-state index in [2.05, 4.69) is 25.7 Å². The van der Waals surface area contributed by atoms with Gasteiger partial charge in [-0.25, -0.2) is 4.68 Å². The van der Waals surface area contributed by atoms with Crippen LogP contribution in [0.4, 0.5) is 0 Å². The first-order valence-electron chi connectivity index (χ1n) is 8.08. The lowest BCUT2D eigenvalue weighted by Crippen LogP contribution is -2.28. The van der Waals surface area contributed by atoms with Gasteiger partial charge < -0.3 is 9.42 Å². The zero-order valence-electron chi connectivity index (χ0n) is 13.7. The van der Waals surface area contributed by atoms with Gasteiger partial charge in [0.25, 0.3) is 5.91 Å². The second-order valence-electron chi connectivity index (χ2n) is 6.12. The van der Waals surface area contributed by atoms with E-state index in [0.29, 0.717) is 36.9 Å². The molecule has 128 valence electrons. The van der Waals surface area contributed by atoms with Crippen LogP contribution in [0.15, 0.2) is 35.1 Å². The van der Waals surface area contributed by atoms with E-state index in [1.807, 2.05) is 29.2 Å². The first-order chi connectivity index (χ1) is 12.2. The summed E-state index contributed by atoms with van der Waals surface area (Å²) in [5.74, 6) is 1.37. The van der Waals surface area contributed by atoms with Gasteiger partial charge in [-0.1, -0.05) is 17.3 Å². The maximum absolute atomic E-state index is 12.7. The number of tetrazole rings is 1. The molecule has 0 aliphatic carbocycles. The van der Waals surface area contributed by atoms with Crippen LogP contribution in [0, 0.1) is 6.92 Å². The summed E-state index contributed by atoms with van der Waals surface area (Å²) in [6.07, 6.45) is 2.40. The van der Waals surface area contributed by atoms with E-state index < -0.39 is 0 Å². The Morgan fingerprint density at radius 3 is 2.84 bits per heavy atom. The number of benzene rings is 1. The minimum Gasteiger partial charge on any atom is -0.339 e. The molecule has 2 aromatic heterocycles. The van der Waals surface area contributed by atoms with Gasteiger partial charge in [-0.15, -0.1) is 5.10 Å². The molecule has 1 aliphatic rings. The van der Waals surface area contributed by atoms with Crippen molar-refractivity contribution in [1.82, 2.24) is 35.2 Å². The van der Waals surface area contributed by atoms with E-state index in [9.17, 15) is 4.79 Å². The summed E-state index contributed by atoms with van der Waals surface area (Å²) in [5.41, 5.74) is 1.70. The van der Waals surface area contributed by atoms with Gasteiger partial charge in [0, 0.05) is 18.7 Å². The van der Waals surface area contributed by atoms with E-state index in [4.69, 9.17) is 4.52 Å². The second kappa shape index (κ2) is 6.42. The van der Waals surface area contributed by atoms with Gasteiger partial charge in [0.15, 0.2) is 5.82 Å². The van der Waals surface area contributed by atoms with E-state index in [-0.39, 0.29) is 11.8 Å². The minimum absolute atomic E-state index is 0.0210. The molecule has 9 heteroatoms. The van der Waals surface area contributed by atoms with Crippen LogP contribution in [0.3, 0.4) is 0 Å². The fourth-order valence-electron chi connectivity index (χ4n) is 3.00. The van der Waals surface area contributed by atoms with Crippen LogP contribution in [-0.4, -0.2) is 54.2 Å². The number of nitrogens with zero attached hydrogens (tertiary/aromatic N) is 7. The fraction of sp³-hybridized carbons (Fsp3) is 0.375.